The summed E-state index contributed by atoms with van der Waals surface area (Å²) in [5, 5.41) is 13.9. The van der Waals surface area contributed by atoms with Crippen LogP contribution in [0.4, 0.5) is 45.2 Å². The number of ether oxygens (including phenoxy) is 1. The molecule has 17 heteroatoms. The van der Waals surface area contributed by atoms with Crippen LogP contribution < -0.4 is 11.1 Å². The van der Waals surface area contributed by atoms with Gasteiger partial charge >= 0.3 is 24.4 Å². The molecule has 1 aliphatic carbocycles. The van der Waals surface area contributed by atoms with Crippen LogP contribution in [0.2, 0.25) is 0 Å². The van der Waals surface area contributed by atoms with Crippen molar-refractivity contribution in [2.24, 2.45) is 11.3 Å². The Morgan fingerprint density at radius 3 is 1.96 bits per heavy atom. The first-order chi connectivity index (χ1) is 24.6. The van der Waals surface area contributed by atoms with E-state index in [0.29, 0.717) is 40.6 Å². The Morgan fingerprint density at radius 2 is 1.38 bits per heavy atom. The highest BCUT2D eigenvalue weighted by Gasteiger charge is 2.50. The molecule has 8 nitrogen and oxygen atoms in total. The van der Waals surface area contributed by atoms with Crippen molar-refractivity contribution in [3.05, 3.63) is 57.6 Å². The summed E-state index contributed by atoms with van der Waals surface area (Å²) in [6.07, 6.45) is -9.48. The third-order valence-corrected chi connectivity index (χ3v) is 10.9. The lowest BCUT2D eigenvalue weighted by Crippen LogP contribution is -2.49. The number of nitrogen functional groups attached to an aromatic ring is 1. The minimum Gasteiger partial charge on any atom is -0.508 e. The van der Waals surface area contributed by atoms with Gasteiger partial charge in [-0.3, -0.25) is 9.59 Å². The van der Waals surface area contributed by atoms with Crippen LogP contribution in [0.5, 0.6) is 5.75 Å². The number of alkyl halides is 9. The molecule has 6 rings (SSSR count). The minimum atomic E-state index is -5.05. The number of phenols is 1. The van der Waals surface area contributed by atoms with Gasteiger partial charge in [-0.1, -0.05) is 13.8 Å². The van der Waals surface area contributed by atoms with E-state index in [2.05, 4.69) is 19.2 Å². The molecule has 3 aliphatic heterocycles. The van der Waals surface area contributed by atoms with Crippen molar-refractivity contribution in [2.75, 3.05) is 32.0 Å². The maximum atomic E-state index is 13.8. The Kier molecular flexibility index (Phi) is 11.6. The number of benzene rings is 2. The van der Waals surface area contributed by atoms with E-state index >= 15 is 0 Å². The van der Waals surface area contributed by atoms with Crippen LogP contribution >= 0.6 is 0 Å². The molecule has 0 aromatic heterocycles. The minimum absolute atomic E-state index is 0.00817. The molecule has 0 bridgehead atoms. The summed E-state index contributed by atoms with van der Waals surface area (Å²) in [5.41, 5.74) is 4.23. The van der Waals surface area contributed by atoms with E-state index in [1.165, 1.54) is 0 Å². The van der Waals surface area contributed by atoms with Gasteiger partial charge in [0.25, 0.3) is 0 Å². The molecule has 4 N–H and O–H groups in total. The number of rotatable bonds is 4. The SMILES string of the molecule is CC(C)[C@]1(C(=O)N2CCc3c(O)cc(C(F)(F)F)cc3C2)CC[C@@H](NC2CCOCC2)C1.Nc1cc(C(F)(F)F)cc2c1CCN(C(=O)C(F)(F)F)C2. The van der Waals surface area contributed by atoms with Crippen molar-refractivity contribution in [3.8, 4) is 5.75 Å². The molecule has 2 amide bonds. The number of fused-ring (bicyclic) bond motifs is 2. The van der Waals surface area contributed by atoms with E-state index in [-0.39, 0.29) is 54.4 Å². The number of carbonyl (C=O) groups excluding carboxylic acids is 2. The lowest BCUT2D eigenvalue weighted by molar-refractivity contribution is -0.186. The highest BCUT2D eigenvalue weighted by molar-refractivity contribution is 5.84. The Morgan fingerprint density at radius 1 is 0.830 bits per heavy atom. The number of anilines is 1. The first-order valence-electron chi connectivity index (χ1n) is 17.5. The van der Waals surface area contributed by atoms with Gasteiger partial charge < -0.3 is 30.7 Å². The summed E-state index contributed by atoms with van der Waals surface area (Å²) in [6.45, 7) is 5.41. The van der Waals surface area contributed by atoms with Crippen LogP contribution in [-0.4, -0.2) is 71.3 Å². The summed E-state index contributed by atoms with van der Waals surface area (Å²) in [7, 11) is 0. The largest absolute Gasteiger partial charge is 0.508 e. The van der Waals surface area contributed by atoms with E-state index < -0.39 is 47.5 Å². The molecule has 2 aromatic carbocycles. The second-order valence-electron chi connectivity index (χ2n) is 14.6. The summed E-state index contributed by atoms with van der Waals surface area (Å²) < 4.78 is 120. The summed E-state index contributed by atoms with van der Waals surface area (Å²) in [6, 6.07) is 4.04. The maximum absolute atomic E-state index is 13.8. The fourth-order valence-electron chi connectivity index (χ4n) is 7.96. The van der Waals surface area contributed by atoms with E-state index in [9.17, 15) is 54.2 Å². The molecular formula is C36H43F9N4O4. The number of hydrogen-bond donors (Lipinski definition) is 3. The number of hydrogen-bond acceptors (Lipinski definition) is 6. The Bertz CT molecular complexity index is 1670. The number of nitrogens with one attached hydrogen (secondary N) is 1. The van der Waals surface area contributed by atoms with Gasteiger partial charge in [0.1, 0.15) is 5.75 Å². The van der Waals surface area contributed by atoms with Gasteiger partial charge in [-0.2, -0.15) is 39.5 Å². The fraction of sp³-hybridized carbons (Fsp3) is 0.611. The average molecular weight is 767 g/mol. The van der Waals surface area contributed by atoms with Crippen molar-refractivity contribution in [3.63, 3.8) is 0 Å². The first-order valence-corrected chi connectivity index (χ1v) is 17.5. The highest BCUT2D eigenvalue weighted by atomic mass is 19.4. The van der Waals surface area contributed by atoms with E-state index in [1.54, 1.807) is 4.90 Å². The molecule has 2 fully saturated rings. The molecule has 3 heterocycles. The van der Waals surface area contributed by atoms with Gasteiger partial charge in [0.15, 0.2) is 0 Å². The summed E-state index contributed by atoms with van der Waals surface area (Å²) in [5.74, 6) is -2.23. The van der Waals surface area contributed by atoms with Gasteiger partial charge in [-0.05, 0) is 91.8 Å². The number of carbonyl (C=O) groups is 2. The van der Waals surface area contributed by atoms with Gasteiger partial charge in [-0.15, -0.1) is 0 Å². The molecule has 2 atom stereocenters. The van der Waals surface area contributed by atoms with Crippen LogP contribution in [0.3, 0.4) is 0 Å². The highest BCUT2D eigenvalue weighted by Crippen LogP contribution is 2.47. The second kappa shape index (κ2) is 15.2. The Balaban J connectivity index is 0.000000224. The van der Waals surface area contributed by atoms with Crippen LogP contribution in [0.15, 0.2) is 24.3 Å². The number of halogens is 9. The molecule has 53 heavy (non-hydrogen) atoms. The smallest absolute Gasteiger partial charge is 0.471 e. The Hall–Kier alpha value is -3.73. The summed E-state index contributed by atoms with van der Waals surface area (Å²) >= 11 is 0. The topological polar surface area (TPSA) is 108 Å². The molecule has 0 spiro atoms. The average Bonchev–Trinajstić information content (AvgIpc) is 3.51. The molecule has 4 aliphatic rings. The quantitative estimate of drug-likeness (QED) is 0.229. The maximum Gasteiger partial charge on any atom is 0.471 e. The number of phenolic OH excluding ortho intramolecular Hbond substituents is 1. The Labute approximate surface area is 300 Å². The van der Waals surface area contributed by atoms with E-state index in [0.717, 1.165) is 69.6 Å². The molecule has 0 radical (unpaired) electrons. The number of nitrogens with zero attached hydrogens (tertiary/aromatic N) is 2. The molecule has 294 valence electrons. The predicted molar refractivity (Wildman–Crippen MR) is 175 cm³/mol. The lowest BCUT2D eigenvalue weighted by Gasteiger charge is -2.40. The van der Waals surface area contributed by atoms with E-state index in [1.807, 2.05) is 0 Å². The van der Waals surface area contributed by atoms with Crippen LogP contribution in [0.1, 0.15) is 79.3 Å². The number of nitrogens with two attached hydrogens (primary N) is 1. The van der Waals surface area contributed by atoms with Crippen molar-refractivity contribution in [1.29, 1.82) is 0 Å². The standard InChI is InChI=1S/C24H33F3N2O3.C12H10F6N2O/c1-15(2)23(7-3-19(13-23)28-18-5-9-32-10-6-18)22(31)29-8-4-20-16(14-29)11-17(12-21(20)30)24(25,26)27;13-11(14,15)7-3-6-5-20(10(21)12(16,17)18)2-1-8(6)9(19)4-7/h11-12,15,18-19,28,30H,3-10,13-14H2,1-2H3;3-4H,1-2,5,19H2/t19-,23+;/m1./s1. The van der Waals surface area contributed by atoms with E-state index in [4.69, 9.17) is 10.5 Å². The summed E-state index contributed by atoms with van der Waals surface area (Å²) in [4.78, 5) is 27.1. The zero-order valence-corrected chi connectivity index (χ0v) is 29.3. The molecule has 1 saturated heterocycles. The van der Waals surface area contributed by atoms with Gasteiger partial charge in [-0.25, -0.2) is 0 Å². The van der Waals surface area contributed by atoms with Crippen molar-refractivity contribution < 1.29 is 58.9 Å². The zero-order valence-electron chi connectivity index (χ0n) is 29.3. The first kappa shape index (κ1) is 40.5. The zero-order chi connectivity index (χ0) is 39.1. The van der Waals surface area contributed by atoms with Crippen molar-refractivity contribution in [1.82, 2.24) is 15.1 Å². The van der Waals surface area contributed by atoms with Gasteiger partial charge in [0.2, 0.25) is 5.91 Å². The monoisotopic (exact) mass is 766 g/mol. The predicted octanol–water partition coefficient (Wildman–Crippen LogP) is 6.99. The molecule has 2 aromatic rings. The van der Waals surface area contributed by atoms with Gasteiger partial charge in [0, 0.05) is 62.7 Å². The lowest BCUT2D eigenvalue weighted by atomic mass is 9.73. The fourth-order valence-corrected chi connectivity index (χ4v) is 7.96. The number of amides is 2. The van der Waals surface area contributed by atoms with Crippen LogP contribution in [0.25, 0.3) is 0 Å². The van der Waals surface area contributed by atoms with Crippen molar-refractivity contribution in [2.45, 2.75) is 102 Å². The third kappa shape index (κ3) is 8.98. The van der Waals surface area contributed by atoms with Crippen LogP contribution in [0, 0.1) is 11.3 Å². The number of aromatic hydroxyl groups is 1. The molecule has 0 unspecified atom stereocenters. The molecule has 1 saturated carbocycles. The molecular weight excluding hydrogens is 723 g/mol. The van der Waals surface area contributed by atoms with Crippen LogP contribution in [-0.2, 0) is 52.6 Å². The van der Waals surface area contributed by atoms with Crippen molar-refractivity contribution >= 4 is 17.5 Å². The third-order valence-electron chi connectivity index (χ3n) is 10.9. The normalized spacial score (nSPS) is 22.6. The van der Waals surface area contributed by atoms with Gasteiger partial charge in [0.05, 0.1) is 16.5 Å². The second-order valence-corrected chi connectivity index (χ2v) is 14.6.